The number of ether oxygens (including phenoxy) is 1. The lowest BCUT2D eigenvalue weighted by Crippen LogP contribution is -2.50. The van der Waals surface area contributed by atoms with E-state index < -0.39 is 5.41 Å². The second-order valence-corrected chi connectivity index (χ2v) is 4.15. The summed E-state index contributed by atoms with van der Waals surface area (Å²) in [5, 5.41) is 2.90. The van der Waals surface area contributed by atoms with Gasteiger partial charge in [-0.2, -0.15) is 0 Å². The Labute approximate surface area is 85.2 Å². The van der Waals surface area contributed by atoms with Crippen molar-refractivity contribution in [1.82, 2.24) is 5.32 Å². The molecule has 0 bridgehead atoms. The third kappa shape index (κ3) is 2.25. The summed E-state index contributed by atoms with van der Waals surface area (Å²) in [5.41, 5.74) is 5.30. The molecule has 0 saturated carbocycles. The van der Waals surface area contributed by atoms with Crippen molar-refractivity contribution in [3.63, 3.8) is 0 Å². The first kappa shape index (κ1) is 11.5. The molecule has 82 valence electrons. The minimum Gasteiger partial charge on any atom is -0.379 e. The normalized spacial score (nSPS) is 31.8. The van der Waals surface area contributed by atoms with E-state index in [4.69, 9.17) is 10.5 Å². The van der Waals surface area contributed by atoms with Crippen LogP contribution in [0.3, 0.4) is 0 Å². The van der Waals surface area contributed by atoms with Crippen LogP contribution in [0.1, 0.15) is 26.7 Å². The molecule has 1 rings (SSSR count). The fourth-order valence-corrected chi connectivity index (χ4v) is 1.50. The second kappa shape index (κ2) is 4.75. The van der Waals surface area contributed by atoms with E-state index in [2.05, 4.69) is 12.2 Å². The molecule has 2 atom stereocenters. The summed E-state index contributed by atoms with van der Waals surface area (Å²) in [6.45, 7) is 5.62. The average Bonchev–Trinajstić information content (AvgIpc) is 2.49. The van der Waals surface area contributed by atoms with E-state index in [1.807, 2.05) is 6.92 Å². The summed E-state index contributed by atoms with van der Waals surface area (Å²) in [6, 6.07) is -0.177. The molecule has 0 aliphatic carbocycles. The van der Waals surface area contributed by atoms with Gasteiger partial charge in [-0.15, -0.1) is 0 Å². The van der Waals surface area contributed by atoms with E-state index >= 15 is 0 Å². The third-order valence-electron chi connectivity index (χ3n) is 2.85. The highest BCUT2D eigenvalue weighted by molar-refractivity contribution is 5.83. The van der Waals surface area contributed by atoms with Crippen LogP contribution < -0.4 is 11.1 Å². The molecule has 1 aliphatic rings. The first-order chi connectivity index (χ1) is 6.61. The lowest BCUT2D eigenvalue weighted by molar-refractivity contribution is -0.130. The topological polar surface area (TPSA) is 64.3 Å². The van der Waals surface area contributed by atoms with Crippen LogP contribution in [0, 0.1) is 5.41 Å². The fourth-order valence-electron chi connectivity index (χ4n) is 1.50. The van der Waals surface area contributed by atoms with Crippen LogP contribution in [0.15, 0.2) is 0 Å². The molecular weight excluding hydrogens is 180 g/mol. The standard InChI is InChI=1S/C10H20N2O2/c1-3-4-5-12-9(13)10(2)7-14-6-8(10)11/h8H,3-7,11H2,1-2H3,(H,12,13). The minimum absolute atomic E-state index is 0.0240. The zero-order valence-corrected chi connectivity index (χ0v) is 9.01. The maximum absolute atomic E-state index is 11.8. The highest BCUT2D eigenvalue weighted by Gasteiger charge is 2.43. The Hall–Kier alpha value is -0.610. The highest BCUT2D eigenvalue weighted by Crippen LogP contribution is 2.26. The number of carbonyl (C=O) groups is 1. The molecule has 3 N–H and O–H groups in total. The summed E-state index contributed by atoms with van der Waals surface area (Å²) in [7, 11) is 0. The van der Waals surface area contributed by atoms with Crippen LogP contribution in [0.5, 0.6) is 0 Å². The fraction of sp³-hybridized carbons (Fsp3) is 0.900. The molecule has 0 aromatic carbocycles. The highest BCUT2D eigenvalue weighted by atomic mass is 16.5. The smallest absolute Gasteiger partial charge is 0.229 e. The van der Waals surface area contributed by atoms with Crippen molar-refractivity contribution in [1.29, 1.82) is 0 Å². The van der Waals surface area contributed by atoms with Crippen molar-refractivity contribution >= 4 is 5.91 Å². The number of nitrogens with two attached hydrogens (primary N) is 1. The predicted molar refractivity (Wildman–Crippen MR) is 54.8 cm³/mol. The largest absolute Gasteiger partial charge is 0.379 e. The molecule has 1 amide bonds. The van der Waals surface area contributed by atoms with Gasteiger partial charge in [0, 0.05) is 12.6 Å². The number of rotatable bonds is 4. The van der Waals surface area contributed by atoms with E-state index in [1.54, 1.807) is 0 Å². The van der Waals surface area contributed by atoms with Crippen molar-refractivity contribution in [2.45, 2.75) is 32.7 Å². The molecule has 2 unspecified atom stereocenters. The van der Waals surface area contributed by atoms with E-state index in [0.29, 0.717) is 13.2 Å². The van der Waals surface area contributed by atoms with Gasteiger partial charge in [0.15, 0.2) is 0 Å². The van der Waals surface area contributed by atoms with Crippen molar-refractivity contribution < 1.29 is 9.53 Å². The van der Waals surface area contributed by atoms with Gasteiger partial charge in [0.05, 0.1) is 18.6 Å². The van der Waals surface area contributed by atoms with Crippen LogP contribution in [-0.2, 0) is 9.53 Å². The lowest BCUT2D eigenvalue weighted by Gasteiger charge is -2.25. The SMILES string of the molecule is CCCCNC(=O)C1(C)COCC1N. The molecule has 1 heterocycles. The number of carbonyl (C=O) groups excluding carboxylic acids is 1. The van der Waals surface area contributed by atoms with Gasteiger partial charge < -0.3 is 15.8 Å². The number of amides is 1. The Balaban J connectivity index is 2.42. The Bertz CT molecular complexity index is 208. The maximum Gasteiger partial charge on any atom is 0.229 e. The van der Waals surface area contributed by atoms with Gasteiger partial charge in [0.2, 0.25) is 5.91 Å². The van der Waals surface area contributed by atoms with Gasteiger partial charge in [0.1, 0.15) is 0 Å². The molecule has 1 aliphatic heterocycles. The summed E-state index contributed by atoms with van der Waals surface area (Å²) in [6.07, 6.45) is 2.09. The molecule has 0 aromatic heterocycles. The minimum atomic E-state index is -0.534. The summed E-state index contributed by atoms with van der Waals surface area (Å²) in [4.78, 5) is 11.8. The van der Waals surface area contributed by atoms with Crippen molar-refractivity contribution in [2.24, 2.45) is 11.1 Å². The monoisotopic (exact) mass is 200 g/mol. The van der Waals surface area contributed by atoms with Crippen LogP contribution in [0.4, 0.5) is 0 Å². The van der Waals surface area contributed by atoms with Crippen molar-refractivity contribution in [3.05, 3.63) is 0 Å². The Morgan fingerprint density at radius 2 is 2.43 bits per heavy atom. The Kier molecular flexibility index (Phi) is 3.89. The summed E-state index contributed by atoms with van der Waals surface area (Å²) < 4.78 is 5.21. The van der Waals surface area contributed by atoms with Crippen LogP contribution >= 0.6 is 0 Å². The summed E-state index contributed by atoms with van der Waals surface area (Å²) in [5.74, 6) is 0.0240. The van der Waals surface area contributed by atoms with Crippen molar-refractivity contribution in [3.8, 4) is 0 Å². The zero-order chi connectivity index (χ0) is 10.6. The average molecular weight is 200 g/mol. The van der Waals surface area contributed by atoms with Crippen LogP contribution in [0.2, 0.25) is 0 Å². The van der Waals surface area contributed by atoms with Crippen LogP contribution in [-0.4, -0.2) is 31.7 Å². The van der Waals surface area contributed by atoms with Crippen molar-refractivity contribution in [2.75, 3.05) is 19.8 Å². The second-order valence-electron chi connectivity index (χ2n) is 4.15. The van der Waals surface area contributed by atoms with E-state index in [0.717, 1.165) is 19.4 Å². The Morgan fingerprint density at radius 1 is 1.71 bits per heavy atom. The van der Waals surface area contributed by atoms with Gasteiger partial charge >= 0.3 is 0 Å². The molecule has 0 radical (unpaired) electrons. The quantitative estimate of drug-likeness (QED) is 0.640. The number of nitrogens with one attached hydrogen (secondary N) is 1. The molecule has 0 spiro atoms. The molecule has 4 heteroatoms. The van der Waals surface area contributed by atoms with Gasteiger partial charge in [0.25, 0.3) is 0 Å². The van der Waals surface area contributed by atoms with Gasteiger partial charge in [-0.25, -0.2) is 0 Å². The van der Waals surface area contributed by atoms with Gasteiger partial charge in [-0.1, -0.05) is 13.3 Å². The number of hydrogen-bond donors (Lipinski definition) is 2. The molecule has 0 aromatic rings. The Morgan fingerprint density at radius 3 is 2.93 bits per heavy atom. The first-order valence-electron chi connectivity index (χ1n) is 5.23. The third-order valence-corrected chi connectivity index (χ3v) is 2.85. The van der Waals surface area contributed by atoms with Gasteiger partial charge in [-0.3, -0.25) is 4.79 Å². The maximum atomic E-state index is 11.8. The molecule has 1 fully saturated rings. The number of hydrogen-bond acceptors (Lipinski definition) is 3. The van der Waals surface area contributed by atoms with Crippen LogP contribution in [0.25, 0.3) is 0 Å². The molecule has 4 nitrogen and oxygen atoms in total. The van der Waals surface area contributed by atoms with Gasteiger partial charge in [-0.05, 0) is 13.3 Å². The lowest BCUT2D eigenvalue weighted by atomic mass is 9.85. The number of unbranched alkanes of at least 4 members (excludes halogenated alkanes) is 1. The summed E-state index contributed by atoms with van der Waals surface area (Å²) >= 11 is 0. The molecular formula is C10H20N2O2. The van der Waals surface area contributed by atoms with E-state index in [9.17, 15) is 4.79 Å². The zero-order valence-electron chi connectivity index (χ0n) is 9.01. The molecule has 1 saturated heterocycles. The van der Waals surface area contributed by atoms with E-state index in [-0.39, 0.29) is 11.9 Å². The first-order valence-corrected chi connectivity index (χ1v) is 5.23. The van der Waals surface area contributed by atoms with E-state index in [1.165, 1.54) is 0 Å². The molecule has 14 heavy (non-hydrogen) atoms. The predicted octanol–water partition coefficient (Wildman–Crippen LogP) is 0.267.